The van der Waals surface area contributed by atoms with Gasteiger partial charge in [-0.25, -0.2) is 0 Å². The van der Waals surface area contributed by atoms with Crippen molar-refractivity contribution >= 4 is 11.9 Å². The minimum absolute atomic E-state index is 0.0547. The third kappa shape index (κ3) is 2.00. The van der Waals surface area contributed by atoms with Crippen LogP contribution < -0.4 is 5.73 Å². The van der Waals surface area contributed by atoms with Crippen LogP contribution in [0, 0.1) is 17.3 Å². The van der Waals surface area contributed by atoms with Gasteiger partial charge in [0.15, 0.2) is 0 Å². The van der Waals surface area contributed by atoms with E-state index in [4.69, 9.17) is 10.8 Å². The van der Waals surface area contributed by atoms with E-state index in [2.05, 4.69) is 0 Å². The first-order valence-electron chi connectivity index (χ1n) is 6.64. The summed E-state index contributed by atoms with van der Waals surface area (Å²) in [5, 5.41) is 8.92. The molecule has 18 heavy (non-hydrogen) atoms. The van der Waals surface area contributed by atoms with E-state index in [0.717, 1.165) is 19.3 Å². The van der Waals surface area contributed by atoms with Crippen LogP contribution in [-0.4, -0.2) is 41.0 Å². The second kappa shape index (κ2) is 4.53. The number of aliphatic carboxylic acids is 1. The number of likely N-dealkylation sites (tertiary alicyclic amines) is 1. The Morgan fingerprint density at radius 2 is 2.06 bits per heavy atom. The SMILES string of the molecule is CC(C(=O)O)C1CN(C(=O)C2(C)CCCC2N)C1. The molecule has 3 unspecified atom stereocenters. The summed E-state index contributed by atoms with van der Waals surface area (Å²) in [6.45, 7) is 4.78. The molecule has 0 aromatic rings. The quantitative estimate of drug-likeness (QED) is 0.776. The van der Waals surface area contributed by atoms with Crippen LogP contribution in [0.2, 0.25) is 0 Å². The van der Waals surface area contributed by atoms with Gasteiger partial charge in [-0.2, -0.15) is 0 Å². The van der Waals surface area contributed by atoms with Crippen LogP contribution >= 0.6 is 0 Å². The molecule has 0 aromatic heterocycles. The number of nitrogens with zero attached hydrogens (tertiary/aromatic N) is 1. The summed E-state index contributed by atoms with van der Waals surface area (Å²) in [6.07, 6.45) is 2.76. The van der Waals surface area contributed by atoms with Gasteiger partial charge in [0, 0.05) is 25.0 Å². The molecule has 1 aliphatic carbocycles. The molecule has 1 aliphatic heterocycles. The average molecular weight is 254 g/mol. The van der Waals surface area contributed by atoms with Crippen LogP contribution in [0.1, 0.15) is 33.1 Å². The molecule has 3 N–H and O–H groups in total. The molecule has 0 radical (unpaired) electrons. The highest BCUT2D eigenvalue weighted by atomic mass is 16.4. The van der Waals surface area contributed by atoms with Crippen molar-refractivity contribution in [1.29, 1.82) is 0 Å². The molecule has 3 atom stereocenters. The Morgan fingerprint density at radius 1 is 1.44 bits per heavy atom. The first kappa shape index (κ1) is 13.3. The molecular formula is C13H22N2O3. The second-order valence-electron chi connectivity index (χ2n) is 6.01. The zero-order valence-electron chi connectivity index (χ0n) is 11.1. The zero-order chi connectivity index (χ0) is 13.5. The number of carboxylic acids is 1. The number of hydrogen-bond donors (Lipinski definition) is 2. The van der Waals surface area contributed by atoms with Gasteiger partial charge >= 0.3 is 5.97 Å². The predicted octanol–water partition coefficient (Wildman–Crippen LogP) is 0.683. The van der Waals surface area contributed by atoms with Gasteiger partial charge < -0.3 is 15.7 Å². The maximum atomic E-state index is 12.4. The predicted molar refractivity (Wildman–Crippen MR) is 66.8 cm³/mol. The van der Waals surface area contributed by atoms with Crippen molar-refractivity contribution in [3.8, 4) is 0 Å². The zero-order valence-corrected chi connectivity index (χ0v) is 11.1. The number of rotatable bonds is 3. The Labute approximate surface area is 107 Å². The molecular weight excluding hydrogens is 232 g/mol. The van der Waals surface area contributed by atoms with Crippen LogP contribution in [-0.2, 0) is 9.59 Å². The smallest absolute Gasteiger partial charge is 0.306 e. The van der Waals surface area contributed by atoms with Crippen molar-refractivity contribution in [3.05, 3.63) is 0 Å². The van der Waals surface area contributed by atoms with Crippen LogP contribution in [0.5, 0.6) is 0 Å². The lowest BCUT2D eigenvalue weighted by Crippen LogP contribution is -2.59. The molecule has 1 heterocycles. The first-order chi connectivity index (χ1) is 8.36. The summed E-state index contributed by atoms with van der Waals surface area (Å²) in [5.74, 6) is -0.955. The molecule has 2 rings (SSSR count). The molecule has 1 saturated carbocycles. The number of hydrogen-bond acceptors (Lipinski definition) is 3. The molecule has 0 spiro atoms. The molecule has 1 amide bonds. The maximum absolute atomic E-state index is 12.4. The highest BCUT2D eigenvalue weighted by Crippen LogP contribution is 2.40. The lowest BCUT2D eigenvalue weighted by molar-refractivity contribution is -0.155. The van der Waals surface area contributed by atoms with E-state index in [1.165, 1.54) is 0 Å². The summed E-state index contributed by atoms with van der Waals surface area (Å²) in [4.78, 5) is 25.0. The van der Waals surface area contributed by atoms with Gasteiger partial charge in [-0.3, -0.25) is 9.59 Å². The summed E-state index contributed by atoms with van der Waals surface area (Å²) in [6, 6.07) is -0.0547. The van der Waals surface area contributed by atoms with Crippen molar-refractivity contribution in [3.63, 3.8) is 0 Å². The van der Waals surface area contributed by atoms with E-state index in [-0.39, 0.29) is 23.8 Å². The fourth-order valence-electron chi connectivity index (χ4n) is 3.02. The fraction of sp³-hybridized carbons (Fsp3) is 0.846. The minimum Gasteiger partial charge on any atom is -0.481 e. The van der Waals surface area contributed by atoms with Crippen molar-refractivity contribution < 1.29 is 14.7 Å². The summed E-state index contributed by atoms with van der Waals surface area (Å²) in [7, 11) is 0. The second-order valence-corrected chi connectivity index (χ2v) is 6.01. The first-order valence-corrected chi connectivity index (χ1v) is 6.64. The normalized spacial score (nSPS) is 34.2. The van der Waals surface area contributed by atoms with Gasteiger partial charge in [-0.05, 0) is 19.8 Å². The standard InChI is InChI=1S/C13H22N2O3/c1-8(11(16)17)9-6-15(7-9)12(18)13(2)5-3-4-10(13)14/h8-10H,3-7,14H2,1-2H3,(H,16,17). The lowest BCUT2D eigenvalue weighted by atomic mass is 9.80. The van der Waals surface area contributed by atoms with Crippen LogP contribution in [0.25, 0.3) is 0 Å². The molecule has 2 fully saturated rings. The number of carboxylic acid groups (broad SMARTS) is 1. The number of carbonyl (C=O) groups excluding carboxylic acids is 1. The van der Waals surface area contributed by atoms with Crippen molar-refractivity contribution in [2.45, 2.75) is 39.2 Å². The van der Waals surface area contributed by atoms with E-state index < -0.39 is 11.4 Å². The Kier molecular flexibility index (Phi) is 3.36. The average Bonchev–Trinajstić information content (AvgIpc) is 2.58. The lowest BCUT2D eigenvalue weighted by Gasteiger charge is -2.45. The van der Waals surface area contributed by atoms with Gasteiger partial charge in [0.2, 0.25) is 5.91 Å². The molecule has 5 heteroatoms. The highest BCUT2D eigenvalue weighted by Gasteiger charge is 2.48. The Morgan fingerprint density at radius 3 is 2.50 bits per heavy atom. The Balaban J connectivity index is 1.92. The van der Waals surface area contributed by atoms with Crippen LogP contribution in [0.15, 0.2) is 0 Å². The molecule has 0 aromatic carbocycles. The van der Waals surface area contributed by atoms with Gasteiger partial charge in [0.05, 0.1) is 11.3 Å². The fourth-order valence-corrected chi connectivity index (χ4v) is 3.02. The Hall–Kier alpha value is -1.10. The number of carbonyl (C=O) groups is 2. The molecule has 5 nitrogen and oxygen atoms in total. The van der Waals surface area contributed by atoms with E-state index in [0.29, 0.717) is 13.1 Å². The van der Waals surface area contributed by atoms with Crippen LogP contribution in [0.4, 0.5) is 0 Å². The summed E-state index contributed by atoms with van der Waals surface area (Å²) in [5.41, 5.74) is 5.60. The van der Waals surface area contributed by atoms with Gasteiger partial charge in [0.25, 0.3) is 0 Å². The summed E-state index contributed by atoms with van der Waals surface area (Å²) < 4.78 is 0. The van der Waals surface area contributed by atoms with Crippen molar-refractivity contribution in [2.24, 2.45) is 23.0 Å². The topological polar surface area (TPSA) is 83.6 Å². The highest BCUT2D eigenvalue weighted by molar-refractivity contribution is 5.84. The maximum Gasteiger partial charge on any atom is 0.306 e. The largest absolute Gasteiger partial charge is 0.481 e. The van der Waals surface area contributed by atoms with E-state index in [1.807, 2.05) is 6.92 Å². The minimum atomic E-state index is -0.782. The number of nitrogens with two attached hydrogens (primary N) is 1. The third-order valence-electron chi connectivity index (χ3n) is 4.81. The number of amides is 1. The molecule has 1 saturated heterocycles. The van der Waals surface area contributed by atoms with E-state index >= 15 is 0 Å². The van der Waals surface area contributed by atoms with E-state index in [9.17, 15) is 9.59 Å². The Bertz CT molecular complexity index is 365. The van der Waals surface area contributed by atoms with Crippen molar-refractivity contribution in [2.75, 3.05) is 13.1 Å². The van der Waals surface area contributed by atoms with Gasteiger partial charge in [-0.1, -0.05) is 13.3 Å². The van der Waals surface area contributed by atoms with Gasteiger partial charge in [0.1, 0.15) is 0 Å². The summed E-state index contributed by atoms with van der Waals surface area (Å²) >= 11 is 0. The van der Waals surface area contributed by atoms with Gasteiger partial charge in [-0.15, -0.1) is 0 Å². The van der Waals surface area contributed by atoms with Crippen molar-refractivity contribution in [1.82, 2.24) is 4.90 Å². The molecule has 2 aliphatic rings. The van der Waals surface area contributed by atoms with E-state index in [1.54, 1.807) is 11.8 Å². The van der Waals surface area contributed by atoms with Crippen LogP contribution in [0.3, 0.4) is 0 Å². The molecule has 0 bridgehead atoms. The monoisotopic (exact) mass is 254 g/mol. The molecule has 102 valence electrons. The third-order valence-corrected chi connectivity index (χ3v) is 4.81.